The topological polar surface area (TPSA) is 53.9 Å². The van der Waals surface area contributed by atoms with Crippen LogP contribution in [0.5, 0.6) is 0 Å². The minimum atomic E-state index is -0.653. The Balaban J connectivity index is 1.66. The first-order valence-electron chi connectivity index (χ1n) is 10.9. The van der Waals surface area contributed by atoms with Crippen LogP contribution in [0.2, 0.25) is 0 Å². The van der Waals surface area contributed by atoms with E-state index in [-0.39, 0.29) is 11.8 Å². The van der Waals surface area contributed by atoms with Gasteiger partial charge in [-0.15, -0.1) is 0 Å². The molecule has 2 aromatic rings. The summed E-state index contributed by atoms with van der Waals surface area (Å²) in [5, 5.41) is 3.81. The van der Waals surface area contributed by atoms with Gasteiger partial charge >= 0.3 is 0 Å². The fourth-order valence-corrected chi connectivity index (χ4v) is 5.10. The van der Waals surface area contributed by atoms with Crippen LogP contribution in [0, 0.1) is 12.3 Å². The van der Waals surface area contributed by atoms with Gasteiger partial charge in [-0.25, -0.2) is 0 Å². The summed E-state index contributed by atoms with van der Waals surface area (Å²) in [6.45, 7) is 10.3. The van der Waals surface area contributed by atoms with E-state index in [9.17, 15) is 4.79 Å². The predicted octanol–water partition coefficient (Wildman–Crippen LogP) is 4.21. The Morgan fingerprint density at radius 1 is 1.13 bits per heavy atom. The quantitative estimate of drug-likeness (QED) is 0.761. The van der Waals surface area contributed by atoms with Crippen LogP contribution in [0.25, 0.3) is 0 Å². The number of morpholine rings is 1. The predicted molar refractivity (Wildman–Crippen MR) is 129 cm³/mol. The van der Waals surface area contributed by atoms with Crippen molar-refractivity contribution in [2.24, 2.45) is 10.4 Å². The molecule has 2 aromatic carbocycles. The van der Waals surface area contributed by atoms with Crippen molar-refractivity contribution in [3.05, 3.63) is 65.2 Å². The smallest absolute Gasteiger partial charge is 0.232 e. The number of aliphatic imine (C=N–C) groups is 1. The monoisotopic (exact) mass is 437 g/mol. The van der Waals surface area contributed by atoms with Gasteiger partial charge in [-0.1, -0.05) is 67.6 Å². The first-order chi connectivity index (χ1) is 14.9. The van der Waals surface area contributed by atoms with Crippen LogP contribution >= 0.6 is 11.8 Å². The molecule has 1 saturated heterocycles. The SMILES string of the molecule is Cc1cccc(C(c2ccc(N3CCOCC3)cc2)C(C)(C)C(=O)NC2=NCCS2)c1. The number of rotatable bonds is 5. The molecule has 1 atom stereocenters. The molecule has 1 unspecified atom stereocenters. The summed E-state index contributed by atoms with van der Waals surface area (Å²) in [7, 11) is 0. The van der Waals surface area contributed by atoms with E-state index in [2.05, 4.69) is 70.7 Å². The normalized spacial score (nSPS) is 17.9. The van der Waals surface area contributed by atoms with Crippen LogP contribution < -0.4 is 10.2 Å². The standard InChI is InChI=1S/C25H31N3O2S/c1-18-5-4-6-20(17-18)22(25(2,3)23(29)27-24-26-11-16-31-24)19-7-9-21(10-8-19)28-12-14-30-15-13-28/h4-10,17,22H,11-16H2,1-3H3,(H,26,27,29). The Bertz CT molecular complexity index is 949. The van der Waals surface area contributed by atoms with E-state index in [1.54, 1.807) is 11.8 Å². The highest BCUT2D eigenvalue weighted by molar-refractivity contribution is 8.14. The molecule has 0 bridgehead atoms. The summed E-state index contributed by atoms with van der Waals surface area (Å²) in [5.41, 5.74) is 4.04. The number of aryl methyl sites for hydroxylation is 1. The fraction of sp³-hybridized carbons (Fsp3) is 0.440. The second-order valence-corrected chi connectivity index (χ2v) is 9.83. The first-order valence-corrected chi connectivity index (χ1v) is 11.9. The van der Waals surface area contributed by atoms with Gasteiger partial charge in [0.05, 0.1) is 25.2 Å². The summed E-state index contributed by atoms with van der Waals surface area (Å²) in [4.78, 5) is 20.1. The second kappa shape index (κ2) is 9.45. The molecular weight excluding hydrogens is 406 g/mol. The van der Waals surface area contributed by atoms with Crippen LogP contribution in [-0.4, -0.2) is 49.7 Å². The highest BCUT2D eigenvalue weighted by Crippen LogP contribution is 2.42. The molecule has 0 radical (unpaired) electrons. The molecule has 164 valence electrons. The third-order valence-electron chi connectivity index (χ3n) is 6.09. The van der Waals surface area contributed by atoms with Gasteiger partial charge in [-0.3, -0.25) is 9.79 Å². The molecule has 0 saturated carbocycles. The van der Waals surface area contributed by atoms with Gasteiger partial charge in [0.25, 0.3) is 0 Å². The lowest BCUT2D eigenvalue weighted by Crippen LogP contribution is -2.43. The van der Waals surface area contributed by atoms with Crippen molar-refractivity contribution in [3.8, 4) is 0 Å². The molecule has 0 aromatic heterocycles. The first kappa shape index (κ1) is 21.9. The molecule has 0 aliphatic carbocycles. The number of hydrogen-bond donors (Lipinski definition) is 1. The maximum atomic E-state index is 13.4. The molecule has 2 aliphatic heterocycles. The molecule has 1 amide bonds. The summed E-state index contributed by atoms with van der Waals surface area (Å²) < 4.78 is 5.48. The Hall–Kier alpha value is -2.31. The van der Waals surface area contributed by atoms with Crippen molar-refractivity contribution in [3.63, 3.8) is 0 Å². The number of carbonyl (C=O) groups excluding carboxylic acids is 1. The zero-order valence-electron chi connectivity index (χ0n) is 18.6. The molecule has 1 fully saturated rings. The molecule has 2 heterocycles. The van der Waals surface area contributed by atoms with Crippen molar-refractivity contribution < 1.29 is 9.53 Å². The molecule has 0 spiro atoms. The van der Waals surface area contributed by atoms with E-state index in [4.69, 9.17) is 4.74 Å². The van der Waals surface area contributed by atoms with Crippen molar-refractivity contribution in [2.45, 2.75) is 26.7 Å². The van der Waals surface area contributed by atoms with E-state index in [1.807, 2.05) is 13.8 Å². The Morgan fingerprint density at radius 3 is 2.52 bits per heavy atom. The lowest BCUT2D eigenvalue weighted by Gasteiger charge is -2.35. The van der Waals surface area contributed by atoms with E-state index in [0.29, 0.717) is 0 Å². The van der Waals surface area contributed by atoms with Crippen molar-refractivity contribution >= 4 is 28.5 Å². The van der Waals surface area contributed by atoms with E-state index >= 15 is 0 Å². The number of thioether (sulfide) groups is 1. The Labute approximate surface area is 189 Å². The van der Waals surface area contributed by atoms with Crippen molar-refractivity contribution in [2.75, 3.05) is 43.5 Å². The number of amidine groups is 1. The molecular formula is C25H31N3O2S. The molecule has 2 aliphatic rings. The number of hydrogen-bond acceptors (Lipinski definition) is 5. The minimum absolute atomic E-state index is 0.00409. The number of nitrogens with zero attached hydrogens (tertiary/aromatic N) is 2. The highest BCUT2D eigenvalue weighted by Gasteiger charge is 2.39. The van der Waals surface area contributed by atoms with Crippen LogP contribution in [0.4, 0.5) is 5.69 Å². The van der Waals surface area contributed by atoms with Crippen LogP contribution in [-0.2, 0) is 9.53 Å². The molecule has 6 heteroatoms. The maximum Gasteiger partial charge on any atom is 0.232 e. The minimum Gasteiger partial charge on any atom is -0.378 e. The van der Waals surface area contributed by atoms with Gasteiger partial charge in [0.15, 0.2) is 5.17 Å². The molecule has 5 nitrogen and oxygen atoms in total. The number of carbonyl (C=O) groups is 1. The lowest BCUT2D eigenvalue weighted by molar-refractivity contribution is -0.128. The van der Waals surface area contributed by atoms with Crippen LogP contribution in [0.1, 0.15) is 36.5 Å². The summed E-state index contributed by atoms with van der Waals surface area (Å²) in [5.74, 6) is 0.864. The highest BCUT2D eigenvalue weighted by atomic mass is 32.2. The third kappa shape index (κ3) is 4.96. The molecule has 31 heavy (non-hydrogen) atoms. The Morgan fingerprint density at radius 2 is 1.87 bits per heavy atom. The van der Waals surface area contributed by atoms with Gasteiger partial charge in [0, 0.05) is 30.4 Å². The number of nitrogens with one attached hydrogen (secondary N) is 1. The summed E-state index contributed by atoms with van der Waals surface area (Å²) in [6, 6.07) is 17.2. The molecule has 1 N–H and O–H groups in total. The molecule has 4 rings (SSSR count). The second-order valence-electron chi connectivity index (χ2n) is 8.75. The fourth-order valence-electron chi connectivity index (χ4n) is 4.37. The van der Waals surface area contributed by atoms with E-state index in [1.165, 1.54) is 11.3 Å². The third-order valence-corrected chi connectivity index (χ3v) is 6.98. The van der Waals surface area contributed by atoms with Crippen LogP contribution in [0.15, 0.2) is 53.5 Å². The largest absolute Gasteiger partial charge is 0.378 e. The lowest BCUT2D eigenvalue weighted by atomic mass is 9.70. The average molecular weight is 438 g/mol. The number of benzene rings is 2. The number of anilines is 1. The van der Waals surface area contributed by atoms with Gasteiger partial charge in [0.2, 0.25) is 5.91 Å². The van der Waals surface area contributed by atoms with E-state index < -0.39 is 5.41 Å². The summed E-state index contributed by atoms with van der Waals surface area (Å²) in [6.07, 6.45) is 0. The van der Waals surface area contributed by atoms with E-state index in [0.717, 1.165) is 54.9 Å². The van der Waals surface area contributed by atoms with Crippen molar-refractivity contribution in [1.82, 2.24) is 5.32 Å². The number of ether oxygens (including phenoxy) is 1. The number of amides is 1. The summed E-state index contributed by atoms with van der Waals surface area (Å²) >= 11 is 1.61. The van der Waals surface area contributed by atoms with Crippen LogP contribution in [0.3, 0.4) is 0 Å². The van der Waals surface area contributed by atoms with Gasteiger partial charge in [-0.2, -0.15) is 0 Å². The van der Waals surface area contributed by atoms with Crippen molar-refractivity contribution in [1.29, 1.82) is 0 Å². The van der Waals surface area contributed by atoms with Gasteiger partial charge < -0.3 is 15.0 Å². The Kier molecular flexibility index (Phi) is 6.68. The zero-order valence-corrected chi connectivity index (χ0v) is 19.4. The maximum absolute atomic E-state index is 13.4. The zero-order chi connectivity index (χ0) is 21.8. The van der Waals surface area contributed by atoms with Gasteiger partial charge in [-0.05, 0) is 30.2 Å². The average Bonchev–Trinajstić information content (AvgIpc) is 3.28. The van der Waals surface area contributed by atoms with Gasteiger partial charge in [0.1, 0.15) is 0 Å².